The lowest BCUT2D eigenvalue weighted by Crippen LogP contribution is -2.43. The molecule has 108 valence electrons. The highest BCUT2D eigenvalue weighted by Crippen LogP contribution is 2.26. The standard InChI is InChI=1S/C14H16ClNO4/c15-11-1-2-13-10(5-11)6-16(14(17)9-20-13)7-12-8-18-3-4-19-12/h1-2,5,12H,3-4,6-9H2. The van der Waals surface area contributed by atoms with Crippen molar-refractivity contribution in [3.63, 3.8) is 0 Å². The molecule has 5 nitrogen and oxygen atoms in total. The summed E-state index contributed by atoms with van der Waals surface area (Å²) < 4.78 is 16.5. The van der Waals surface area contributed by atoms with Crippen molar-refractivity contribution in [3.8, 4) is 5.75 Å². The summed E-state index contributed by atoms with van der Waals surface area (Å²) in [7, 11) is 0. The number of carbonyl (C=O) groups excluding carboxylic acids is 1. The second-order valence-electron chi connectivity index (χ2n) is 4.88. The number of benzene rings is 1. The maximum atomic E-state index is 12.1. The molecule has 20 heavy (non-hydrogen) atoms. The van der Waals surface area contributed by atoms with Gasteiger partial charge >= 0.3 is 0 Å². The fraction of sp³-hybridized carbons (Fsp3) is 0.500. The monoisotopic (exact) mass is 297 g/mol. The van der Waals surface area contributed by atoms with Crippen LogP contribution < -0.4 is 4.74 Å². The number of hydrogen-bond donors (Lipinski definition) is 0. The minimum absolute atomic E-state index is 0.0439. The smallest absolute Gasteiger partial charge is 0.260 e. The Morgan fingerprint density at radius 1 is 1.35 bits per heavy atom. The van der Waals surface area contributed by atoms with Crippen LogP contribution in [0.1, 0.15) is 5.56 Å². The number of fused-ring (bicyclic) bond motifs is 1. The molecule has 1 saturated heterocycles. The average Bonchev–Trinajstić information content (AvgIpc) is 2.60. The molecule has 0 radical (unpaired) electrons. The number of carbonyl (C=O) groups is 1. The minimum Gasteiger partial charge on any atom is -0.483 e. The van der Waals surface area contributed by atoms with Gasteiger partial charge < -0.3 is 19.1 Å². The Bertz CT molecular complexity index is 502. The van der Waals surface area contributed by atoms with E-state index in [-0.39, 0.29) is 18.6 Å². The zero-order valence-corrected chi connectivity index (χ0v) is 11.8. The third-order valence-corrected chi connectivity index (χ3v) is 3.63. The van der Waals surface area contributed by atoms with E-state index < -0.39 is 0 Å². The van der Waals surface area contributed by atoms with E-state index in [0.29, 0.717) is 43.7 Å². The van der Waals surface area contributed by atoms with Gasteiger partial charge in [-0.15, -0.1) is 0 Å². The molecule has 0 saturated carbocycles. The molecule has 2 aliphatic rings. The van der Waals surface area contributed by atoms with Crippen LogP contribution in [-0.4, -0.2) is 49.9 Å². The lowest BCUT2D eigenvalue weighted by Gasteiger charge is -2.28. The maximum Gasteiger partial charge on any atom is 0.260 e. The van der Waals surface area contributed by atoms with Gasteiger partial charge in [-0.1, -0.05) is 11.6 Å². The van der Waals surface area contributed by atoms with E-state index in [1.807, 2.05) is 6.07 Å². The van der Waals surface area contributed by atoms with E-state index in [0.717, 1.165) is 5.56 Å². The highest BCUT2D eigenvalue weighted by molar-refractivity contribution is 6.30. The topological polar surface area (TPSA) is 48.0 Å². The lowest BCUT2D eigenvalue weighted by molar-refractivity contribution is -0.140. The predicted octanol–water partition coefficient (Wildman–Crippen LogP) is 1.48. The van der Waals surface area contributed by atoms with Crippen LogP contribution in [0, 0.1) is 0 Å². The summed E-state index contributed by atoms with van der Waals surface area (Å²) in [6, 6.07) is 5.40. The van der Waals surface area contributed by atoms with Crippen molar-refractivity contribution in [2.45, 2.75) is 12.6 Å². The highest BCUT2D eigenvalue weighted by atomic mass is 35.5. The molecule has 1 aromatic carbocycles. The number of nitrogens with zero attached hydrogens (tertiary/aromatic N) is 1. The molecular formula is C14H16ClNO4. The van der Waals surface area contributed by atoms with Gasteiger partial charge in [0, 0.05) is 23.7 Å². The van der Waals surface area contributed by atoms with Crippen molar-refractivity contribution in [1.82, 2.24) is 4.90 Å². The molecule has 0 aliphatic carbocycles. The van der Waals surface area contributed by atoms with Gasteiger partial charge in [0.05, 0.1) is 25.9 Å². The van der Waals surface area contributed by atoms with Crippen molar-refractivity contribution in [3.05, 3.63) is 28.8 Å². The van der Waals surface area contributed by atoms with Gasteiger partial charge in [-0.3, -0.25) is 4.79 Å². The molecule has 0 spiro atoms. The molecule has 1 amide bonds. The van der Waals surface area contributed by atoms with Crippen LogP contribution in [0.15, 0.2) is 18.2 Å². The van der Waals surface area contributed by atoms with Crippen molar-refractivity contribution >= 4 is 17.5 Å². The molecule has 3 rings (SSSR count). The Labute approximate surface area is 122 Å². The third-order valence-electron chi connectivity index (χ3n) is 3.40. The van der Waals surface area contributed by atoms with Crippen LogP contribution in [-0.2, 0) is 20.8 Å². The molecule has 1 aromatic rings. The summed E-state index contributed by atoms with van der Waals surface area (Å²) in [5.74, 6) is 0.664. The van der Waals surface area contributed by atoms with Gasteiger partial charge in [0.15, 0.2) is 6.61 Å². The number of hydrogen-bond acceptors (Lipinski definition) is 4. The minimum atomic E-state index is -0.0755. The molecule has 0 N–H and O–H groups in total. The van der Waals surface area contributed by atoms with Crippen LogP contribution in [0.4, 0.5) is 0 Å². The quantitative estimate of drug-likeness (QED) is 0.829. The van der Waals surface area contributed by atoms with Gasteiger partial charge in [-0.2, -0.15) is 0 Å². The van der Waals surface area contributed by atoms with Crippen LogP contribution >= 0.6 is 11.6 Å². The van der Waals surface area contributed by atoms with Crippen LogP contribution in [0.2, 0.25) is 5.02 Å². The Kier molecular flexibility index (Phi) is 4.10. The highest BCUT2D eigenvalue weighted by Gasteiger charge is 2.26. The summed E-state index contributed by atoms with van der Waals surface area (Å²) in [6.07, 6.45) is -0.0755. The zero-order valence-electron chi connectivity index (χ0n) is 11.0. The number of halogens is 1. The zero-order chi connectivity index (χ0) is 13.9. The summed E-state index contributed by atoms with van der Waals surface area (Å²) >= 11 is 6.00. The second-order valence-corrected chi connectivity index (χ2v) is 5.32. The SMILES string of the molecule is O=C1COc2ccc(Cl)cc2CN1CC1COCCO1. The normalized spacial score (nSPS) is 22.9. The molecule has 1 unspecified atom stereocenters. The summed E-state index contributed by atoms with van der Waals surface area (Å²) in [6.45, 7) is 2.75. The lowest BCUT2D eigenvalue weighted by atomic mass is 10.2. The fourth-order valence-corrected chi connectivity index (χ4v) is 2.59. The summed E-state index contributed by atoms with van der Waals surface area (Å²) in [4.78, 5) is 13.9. The van der Waals surface area contributed by atoms with Gasteiger partial charge in [0.1, 0.15) is 5.75 Å². The number of amides is 1. The van der Waals surface area contributed by atoms with Crippen molar-refractivity contribution in [1.29, 1.82) is 0 Å². The van der Waals surface area contributed by atoms with E-state index >= 15 is 0 Å². The van der Waals surface area contributed by atoms with Gasteiger partial charge in [0.25, 0.3) is 5.91 Å². The van der Waals surface area contributed by atoms with E-state index in [9.17, 15) is 4.79 Å². The predicted molar refractivity (Wildman–Crippen MR) is 72.9 cm³/mol. The van der Waals surface area contributed by atoms with Gasteiger partial charge in [-0.05, 0) is 18.2 Å². The van der Waals surface area contributed by atoms with E-state index in [1.54, 1.807) is 17.0 Å². The van der Waals surface area contributed by atoms with Gasteiger partial charge in [-0.25, -0.2) is 0 Å². The Balaban J connectivity index is 1.74. The van der Waals surface area contributed by atoms with Crippen molar-refractivity contribution in [2.24, 2.45) is 0 Å². The van der Waals surface area contributed by atoms with Crippen molar-refractivity contribution in [2.75, 3.05) is 33.0 Å². The largest absolute Gasteiger partial charge is 0.483 e. The van der Waals surface area contributed by atoms with Crippen LogP contribution in [0.5, 0.6) is 5.75 Å². The third kappa shape index (κ3) is 3.06. The first-order valence-electron chi connectivity index (χ1n) is 6.61. The first kappa shape index (κ1) is 13.7. The molecule has 2 aliphatic heterocycles. The van der Waals surface area contributed by atoms with E-state index in [1.165, 1.54) is 0 Å². The second kappa shape index (κ2) is 5.99. The van der Waals surface area contributed by atoms with Crippen molar-refractivity contribution < 1.29 is 19.0 Å². The van der Waals surface area contributed by atoms with Gasteiger partial charge in [0.2, 0.25) is 0 Å². The summed E-state index contributed by atoms with van der Waals surface area (Å²) in [5.41, 5.74) is 0.917. The molecule has 0 bridgehead atoms. The number of rotatable bonds is 2. The maximum absolute atomic E-state index is 12.1. The molecular weight excluding hydrogens is 282 g/mol. The Morgan fingerprint density at radius 3 is 3.05 bits per heavy atom. The molecule has 1 atom stereocenters. The first-order valence-corrected chi connectivity index (χ1v) is 6.98. The molecule has 0 aromatic heterocycles. The van der Waals surface area contributed by atoms with Crippen LogP contribution in [0.3, 0.4) is 0 Å². The molecule has 1 fully saturated rings. The average molecular weight is 298 g/mol. The van der Waals surface area contributed by atoms with Crippen LogP contribution in [0.25, 0.3) is 0 Å². The fourth-order valence-electron chi connectivity index (χ4n) is 2.39. The summed E-state index contributed by atoms with van der Waals surface area (Å²) in [5, 5.41) is 0.638. The van der Waals surface area contributed by atoms with E-state index in [4.69, 9.17) is 25.8 Å². The molecule has 6 heteroatoms. The molecule has 2 heterocycles. The Morgan fingerprint density at radius 2 is 2.25 bits per heavy atom. The Hall–Kier alpha value is -1.30. The van der Waals surface area contributed by atoms with E-state index in [2.05, 4.69) is 0 Å². The first-order chi connectivity index (χ1) is 9.72. The number of ether oxygens (including phenoxy) is 3.